The third kappa shape index (κ3) is 4.36. The Labute approximate surface area is 182 Å². The van der Waals surface area contributed by atoms with Crippen LogP contribution in [-0.2, 0) is 6.54 Å². The maximum atomic E-state index is 12.9. The zero-order chi connectivity index (χ0) is 21.2. The summed E-state index contributed by atoms with van der Waals surface area (Å²) in [5.41, 5.74) is 2.18. The molecule has 0 radical (unpaired) electrons. The predicted octanol–water partition coefficient (Wildman–Crippen LogP) is 3.19. The van der Waals surface area contributed by atoms with E-state index in [4.69, 9.17) is 0 Å². The number of aliphatic hydroxyl groups is 1. The zero-order valence-corrected chi connectivity index (χ0v) is 17.9. The van der Waals surface area contributed by atoms with Crippen molar-refractivity contribution in [3.8, 4) is 0 Å². The summed E-state index contributed by atoms with van der Waals surface area (Å²) in [5.74, 6) is 0. The van der Waals surface area contributed by atoms with Gasteiger partial charge in [0.15, 0.2) is 0 Å². The number of nitrogens with zero attached hydrogens (tertiary/aromatic N) is 4. The topological polar surface area (TPSA) is 61.6 Å². The van der Waals surface area contributed by atoms with E-state index >= 15 is 0 Å². The highest BCUT2D eigenvalue weighted by Gasteiger charge is 2.24. The molecule has 0 aliphatic carbocycles. The SMILES string of the molecule is O=c1cc(N2CCC(O)CC2)cnn1C1CCCN(Cc2cccc3ccccc23)C1. The highest BCUT2D eigenvalue weighted by atomic mass is 16.3. The normalized spacial score (nSPS) is 20.9. The summed E-state index contributed by atoms with van der Waals surface area (Å²) in [6, 6.07) is 16.8. The van der Waals surface area contributed by atoms with Crippen molar-refractivity contribution in [2.75, 3.05) is 31.1 Å². The van der Waals surface area contributed by atoms with Gasteiger partial charge < -0.3 is 10.0 Å². The van der Waals surface area contributed by atoms with Crippen LogP contribution in [0.15, 0.2) is 59.5 Å². The van der Waals surface area contributed by atoms with E-state index in [-0.39, 0.29) is 17.7 Å². The number of piperidine rings is 2. The van der Waals surface area contributed by atoms with Crippen LogP contribution in [0.5, 0.6) is 0 Å². The maximum absolute atomic E-state index is 12.9. The second kappa shape index (κ2) is 8.81. The van der Waals surface area contributed by atoms with Crippen LogP contribution in [0.4, 0.5) is 5.69 Å². The minimum absolute atomic E-state index is 0.0272. The summed E-state index contributed by atoms with van der Waals surface area (Å²) < 4.78 is 1.68. The van der Waals surface area contributed by atoms with Crippen LogP contribution in [0, 0.1) is 0 Å². The van der Waals surface area contributed by atoms with Crippen LogP contribution in [0.1, 0.15) is 37.3 Å². The molecule has 5 rings (SSSR count). The molecular formula is C25H30N4O2. The van der Waals surface area contributed by atoms with Gasteiger partial charge in [0.05, 0.1) is 24.0 Å². The quantitative estimate of drug-likeness (QED) is 0.705. The van der Waals surface area contributed by atoms with Crippen molar-refractivity contribution in [2.45, 2.75) is 44.4 Å². The molecular weight excluding hydrogens is 388 g/mol. The average molecular weight is 419 g/mol. The first-order valence-electron chi connectivity index (χ1n) is 11.4. The Morgan fingerprint density at radius 2 is 1.81 bits per heavy atom. The van der Waals surface area contributed by atoms with Crippen LogP contribution in [-0.4, -0.2) is 52.1 Å². The Balaban J connectivity index is 1.30. The minimum Gasteiger partial charge on any atom is -0.393 e. The smallest absolute Gasteiger partial charge is 0.269 e. The number of hydrogen-bond acceptors (Lipinski definition) is 5. The van der Waals surface area contributed by atoms with Gasteiger partial charge in [0, 0.05) is 32.2 Å². The van der Waals surface area contributed by atoms with Gasteiger partial charge in [0.25, 0.3) is 5.56 Å². The fourth-order valence-electron chi connectivity index (χ4n) is 5.03. The van der Waals surface area contributed by atoms with Crippen LogP contribution in [0.25, 0.3) is 10.8 Å². The maximum Gasteiger partial charge on any atom is 0.269 e. The lowest BCUT2D eigenvalue weighted by Crippen LogP contribution is -2.41. The summed E-state index contributed by atoms with van der Waals surface area (Å²) >= 11 is 0. The lowest BCUT2D eigenvalue weighted by atomic mass is 10.0. The van der Waals surface area contributed by atoms with Crippen molar-refractivity contribution in [1.29, 1.82) is 0 Å². The summed E-state index contributed by atoms with van der Waals surface area (Å²) in [6.45, 7) is 4.32. The Hall–Kier alpha value is -2.70. The summed E-state index contributed by atoms with van der Waals surface area (Å²) in [4.78, 5) is 17.5. The largest absolute Gasteiger partial charge is 0.393 e. The first-order chi connectivity index (χ1) is 15.2. The number of anilines is 1. The molecule has 0 amide bonds. The molecule has 3 aromatic rings. The van der Waals surface area contributed by atoms with E-state index in [0.717, 1.165) is 64.1 Å². The van der Waals surface area contributed by atoms with E-state index in [9.17, 15) is 9.90 Å². The average Bonchev–Trinajstić information content (AvgIpc) is 2.80. The van der Waals surface area contributed by atoms with Crippen LogP contribution >= 0.6 is 0 Å². The van der Waals surface area contributed by atoms with Gasteiger partial charge in [-0.3, -0.25) is 9.69 Å². The van der Waals surface area contributed by atoms with E-state index in [1.54, 1.807) is 10.7 Å². The monoisotopic (exact) mass is 418 g/mol. The molecule has 31 heavy (non-hydrogen) atoms. The zero-order valence-electron chi connectivity index (χ0n) is 17.9. The molecule has 1 N–H and O–H groups in total. The summed E-state index contributed by atoms with van der Waals surface area (Å²) in [7, 11) is 0. The Kier molecular flexibility index (Phi) is 5.74. The lowest BCUT2D eigenvalue weighted by Gasteiger charge is -2.34. The molecule has 2 aliphatic rings. The van der Waals surface area contributed by atoms with Crippen molar-refractivity contribution in [2.24, 2.45) is 0 Å². The Bertz CT molecular complexity index is 1100. The molecule has 6 heteroatoms. The predicted molar refractivity (Wildman–Crippen MR) is 123 cm³/mol. The van der Waals surface area contributed by atoms with E-state index in [1.807, 2.05) is 6.20 Å². The highest BCUT2D eigenvalue weighted by Crippen LogP contribution is 2.25. The second-order valence-electron chi connectivity index (χ2n) is 8.88. The van der Waals surface area contributed by atoms with Crippen molar-refractivity contribution in [1.82, 2.24) is 14.7 Å². The summed E-state index contributed by atoms with van der Waals surface area (Å²) in [6.07, 6.45) is 5.13. The van der Waals surface area contributed by atoms with Crippen LogP contribution < -0.4 is 10.5 Å². The first-order valence-corrected chi connectivity index (χ1v) is 11.4. The standard InChI is InChI=1S/C25H30N4O2/c30-23-10-13-28(14-11-23)22-15-25(31)29(26-16-22)21-8-4-12-27(18-21)17-20-7-3-6-19-5-1-2-9-24(19)20/h1-3,5-7,9,15-16,21,23,30H,4,8,10-14,17-18H2. The third-order valence-corrected chi connectivity index (χ3v) is 6.74. The van der Waals surface area contributed by atoms with E-state index < -0.39 is 0 Å². The molecule has 0 saturated carbocycles. The molecule has 6 nitrogen and oxygen atoms in total. The second-order valence-corrected chi connectivity index (χ2v) is 8.88. The number of rotatable bonds is 4. The van der Waals surface area contributed by atoms with Gasteiger partial charge in [0.1, 0.15) is 0 Å². The number of fused-ring (bicyclic) bond motifs is 1. The molecule has 2 saturated heterocycles. The van der Waals surface area contributed by atoms with Gasteiger partial charge in [-0.1, -0.05) is 42.5 Å². The van der Waals surface area contributed by atoms with Gasteiger partial charge in [-0.05, 0) is 48.6 Å². The third-order valence-electron chi connectivity index (χ3n) is 6.74. The Morgan fingerprint density at radius 3 is 2.65 bits per heavy atom. The number of aliphatic hydroxyl groups excluding tert-OH is 1. The highest BCUT2D eigenvalue weighted by molar-refractivity contribution is 5.85. The molecule has 2 aliphatic heterocycles. The fraction of sp³-hybridized carbons (Fsp3) is 0.440. The molecule has 162 valence electrons. The Morgan fingerprint density at radius 1 is 1.00 bits per heavy atom. The molecule has 3 heterocycles. The van der Waals surface area contributed by atoms with E-state index in [2.05, 4.69) is 57.4 Å². The fourth-order valence-corrected chi connectivity index (χ4v) is 5.03. The van der Waals surface area contributed by atoms with Gasteiger partial charge in [0.2, 0.25) is 0 Å². The molecule has 1 unspecified atom stereocenters. The number of hydrogen-bond donors (Lipinski definition) is 1. The number of benzene rings is 2. The van der Waals surface area contributed by atoms with Gasteiger partial charge >= 0.3 is 0 Å². The molecule has 0 spiro atoms. The van der Waals surface area contributed by atoms with Crippen molar-refractivity contribution >= 4 is 16.5 Å². The van der Waals surface area contributed by atoms with Gasteiger partial charge in [-0.2, -0.15) is 5.10 Å². The molecule has 2 aromatic carbocycles. The van der Waals surface area contributed by atoms with Crippen LogP contribution in [0.2, 0.25) is 0 Å². The van der Waals surface area contributed by atoms with Crippen molar-refractivity contribution in [3.05, 3.63) is 70.6 Å². The molecule has 0 bridgehead atoms. The van der Waals surface area contributed by atoms with Gasteiger partial charge in [-0.15, -0.1) is 0 Å². The van der Waals surface area contributed by atoms with Gasteiger partial charge in [-0.25, -0.2) is 4.68 Å². The van der Waals surface area contributed by atoms with Crippen LogP contribution in [0.3, 0.4) is 0 Å². The molecule has 1 aromatic heterocycles. The van der Waals surface area contributed by atoms with E-state index in [1.165, 1.54) is 16.3 Å². The lowest BCUT2D eigenvalue weighted by molar-refractivity contribution is 0.145. The van der Waals surface area contributed by atoms with Crippen molar-refractivity contribution < 1.29 is 5.11 Å². The minimum atomic E-state index is -0.223. The molecule has 1 atom stereocenters. The van der Waals surface area contributed by atoms with Crippen molar-refractivity contribution in [3.63, 3.8) is 0 Å². The van der Waals surface area contributed by atoms with E-state index in [0.29, 0.717) is 0 Å². The number of aromatic nitrogens is 2. The number of likely N-dealkylation sites (tertiary alicyclic amines) is 1. The summed E-state index contributed by atoms with van der Waals surface area (Å²) in [5, 5.41) is 16.9. The molecule has 2 fully saturated rings. The first kappa shape index (κ1) is 20.2.